The highest BCUT2D eigenvalue weighted by molar-refractivity contribution is 7.99. The van der Waals surface area contributed by atoms with Gasteiger partial charge in [0.25, 0.3) is 0 Å². The Bertz CT molecular complexity index is 303. The molecule has 3 nitrogen and oxygen atoms in total. The number of nitrogens with zero attached hydrogens (tertiary/aromatic N) is 1. The highest BCUT2D eigenvalue weighted by atomic mass is 32.2. The van der Waals surface area contributed by atoms with E-state index in [2.05, 4.69) is 17.2 Å². The SMILES string of the molecule is CCCCCNC(=O)CSc1ccccn1. The lowest BCUT2D eigenvalue weighted by Gasteiger charge is -2.03. The van der Waals surface area contributed by atoms with Gasteiger partial charge in [-0.15, -0.1) is 0 Å². The van der Waals surface area contributed by atoms with Crippen molar-refractivity contribution in [2.24, 2.45) is 0 Å². The average Bonchev–Trinajstić information content (AvgIpc) is 2.33. The molecule has 1 amide bonds. The van der Waals surface area contributed by atoms with Crippen molar-refractivity contribution in [1.82, 2.24) is 10.3 Å². The molecule has 0 radical (unpaired) electrons. The molecule has 0 aliphatic carbocycles. The van der Waals surface area contributed by atoms with E-state index < -0.39 is 0 Å². The predicted octanol–water partition coefficient (Wildman–Crippen LogP) is 2.48. The number of pyridine rings is 1. The van der Waals surface area contributed by atoms with Crippen molar-refractivity contribution in [3.05, 3.63) is 24.4 Å². The van der Waals surface area contributed by atoms with Gasteiger partial charge >= 0.3 is 0 Å². The van der Waals surface area contributed by atoms with Crippen LogP contribution in [0.3, 0.4) is 0 Å². The fraction of sp³-hybridized carbons (Fsp3) is 0.500. The van der Waals surface area contributed by atoms with Crippen LogP contribution in [0, 0.1) is 0 Å². The van der Waals surface area contributed by atoms with Crippen LogP contribution < -0.4 is 5.32 Å². The van der Waals surface area contributed by atoms with E-state index in [1.165, 1.54) is 24.6 Å². The summed E-state index contributed by atoms with van der Waals surface area (Å²) in [4.78, 5) is 15.6. The average molecular weight is 238 g/mol. The number of nitrogens with one attached hydrogen (secondary N) is 1. The van der Waals surface area contributed by atoms with Crippen LogP contribution >= 0.6 is 11.8 Å². The Morgan fingerprint density at radius 2 is 2.31 bits per heavy atom. The van der Waals surface area contributed by atoms with Gasteiger partial charge in [0.1, 0.15) is 0 Å². The van der Waals surface area contributed by atoms with Crippen molar-refractivity contribution in [3.8, 4) is 0 Å². The molecule has 0 fully saturated rings. The van der Waals surface area contributed by atoms with Crippen molar-refractivity contribution in [3.63, 3.8) is 0 Å². The highest BCUT2D eigenvalue weighted by Crippen LogP contribution is 2.12. The van der Waals surface area contributed by atoms with Crippen LogP contribution in [0.2, 0.25) is 0 Å². The van der Waals surface area contributed by atoms with Gasteiger partial charge in [0.15, 0.2) is 0 Å². The minimum atomic E-state index is 0.0896. The molecule has 1 aromatic rings. The summed E-state index contributed by atoms with van der Waals surface area (Å²) in [5.74, 6) is 0.537. The third kappa shape index (κ3) is 5.75. The molecule has 0 atom stereocenters. The van der Waals surface area contributed by atoms with Gasteiger partial charge in [0, 0.05) is 12.7 Å². The number of unbranched alkanes of at least 4 members (excludes halogenated alkanes) is 2. The van der Waals surface area contributed by atoms with Crippen molar-refractivity contribution >= 4 is 17.7 Å². The summed E-state index contributed by atoms with van der Waals surface area (Å²) < 4.78 is 0. The zero-order valence-corrected chi connectivity index (χ0v) is 10.4. The molecule has 0 spiro atoms. The lowest BCUT2D eigenvalue weighted by atomic mass is 10.2. The molecule has 0 saturated heterocycles. The number of carbonyl (C=O) groups is 1. The molecule has 1 N–H and O–H groups in total. The third-order valence-electron chi connectivity index (χ3n) is 2.09. The van der Waals surface area contributed by atoms with E-state index in [1.54, 1.807) is 6.20 Å². The number of thioether (sulfide) groups is 1. The summed E-state index contributed by atoms with van der Waals surface area (Å²) in [6.45, 7) is 2.94. The largest absolute Gasteiger partial charge is 0.355 e. The normalized spacial score (nSPS) is 10.1. The molecule has 1 rings (SSSR count). The first-order valence-corrected chi connectivity index (χ1v) is 6.62. The van der Waals surface area contributed by atoms with Crippen LogP contribution in [0.15, 0.2) is 29.4 Å². The van der Waals surface area contributed by atoms with E-state index in [0.717, 1.165) is 18.0 Å². The molecule has 1 aromatic heterocycles. The minimum Gasteiger partial charge on any atom is -0.355 e. The summed E-state index contributed by atoms with van der Waals surface area (Å²) in [5, 5.41) is 3.79. The second kappa shape index (κ2) is 8.16. The molecule has 4 heteroatoms. The maximum Gasteiger partial charge on any atom is 0.230 e. The summed E-state index contributed by atoms with van der Waals surface area (Å²) in [5.41, 5.74) is 0. The lowest BCUT2D eigenvalue weighted by molar-refractivity contribution is -0.118. The second-order valence-electron chi connectivity index (χ2n) is 3.51. The van der Waals surface area contributed by atoms with Crippen LogP contribution in [-0.2, 0) is 4.79 Å². The molecular formula is C12H18N2OS. The Morgan fingerprint density at radius 3 is 3.00 bits per heavy atom. The summed E-state index contributed by atoms with van der Waals surface area (Å²) in [7, 11) is 0. The smallest absolute Gasteiger partial charge is 0.230 e. The number of amides is 1. The maximum atomic E-state index is 11.4. The van der Waals surface area contributed by atoms with Gasteiger partial charge in [-0.3, -0.25) is 4.79 Å². The van der Waals surface area contributed by atoms with Crippen LogP contribution in [0.4, 0.5) is 0 Å². The van der Waals surface area contributed by atoms with Crippen molar-refractivity contribution < 1.29 is 4.79 Å². The summed E-state index contributed by atoms with van der Waals surface area (Å²) >= 11 is 1.47. The first-order valence-electron chi connectivity index (χ1n) is 5.63. The van der Waals surface area contributed by atoms with E-state index in [0.29, 0.717) is 5.75 Å². The lowest BCUT2D eigenvalue weighted by Crippen LogP contribution is -2.26. The van der Waals surface area contributed by atoms with Crippen molar-refractivity contribution in [2.75, 3.05) is 12.3 Å². The maximum absolute atomic E-state index is 11.4. The molecule has 88 valence electrons. The van der Waals surface area contributed by atoms with Gasteiger partial charge in [-0.05, 0) is 18.6 Å². The molecule has 0 saturated carbocycles. The van der Waals surface area contributed by atoms with E-state index in [-0.39, 0.29) is 5.91 Å². The highest BCUT2D eigenvalue weighted by Gasteiger charge is 2.01. The second-order valence-corrected chi connectivity index (χ2v) is 4.51. The molecule has 0 unspecified atom stereocenters. The van der Waals surface area contributed by atoms with Gasteiger partial charge in [0.05, 0.1) is 10.8 Å². The molecule has 0 aliphatic rings. The van der Waals surface area contributed by atoms with Gasteiger partial charge in [0.2, 0.25) is 5.91 Å². The Balaban J connectivity index is 2.11. The van der Waals surface area contributed by atoms with Gasteiger partial charge in [-0.2, -0.15) is 0 Å². The molecule has 0 bridgehead atoms. The molecule has 1 heterocycles. The predicted molar refractivity (Wildman–Crippen MR) is 67.5 cm³/mol. The zero-order valence-electron chi connectivity index (χ0n) is 9.61. The molecular weight excluding hydrogens is 220 g/mol. The van der Waals surface area contributed by atoms with Crippen LogP contribution in [0.1, 0.15) is 26.2 Å². The van der Waals surface area contributed by atoms with E-state index >= 15 is 0 Å². The third-order valence-corrected chi connectivity index (χ3v) is 3.04. The van der Waals surface area contributed by atoms with Crippen LogP contribution in [0.5, 0.6) is 0 Å². The van der Waals surface area contributed by atoms with Gasteiger partial charge < -0.3 is 5.32 Å². The number of rotatable bonds is 7. The zero-order chi connectivity index (χ0) is 11.6. The first kappa shape index (κ1) is 13.0. The first-order chi connectivity index (χ1) is 7.83. The number of carbonyl (C=O) groups excluding carboxylic acids is 1. The summed E-state index contributed by atoms with van der Waals surface area (Å²) in [6, 6.07) is 5.71. The van der Waals surface area contributed by atoms with Crippen LogP contribution in [0.25, 0.3) is 0 Å². The van der Waals surface area contributed by atoms with Gasteiger partial charge in [-0.1, -0.05) is 37.6 Å². The monoisotopic (exact) mass is 238 g/mol. The topological polar surface area (TPSA) is 42.0 Å². The number of hydrogen-bond donors (Lipinski definition) is 1. The Morgan fingerprint density at radius 1 is 1.44 bits per heavy atom. The minimum absolute atomic E-state index is 0.0896. The van der Waals surface area contributed by atoms with Crippen LogP contribution in [-0.4, -0.2) is 23.2 Å². The number of aromatic nitrogens is 1. The fourth-order valence-corrected chi connectivity index (χ4v) is 1.92. The van der Waals surface area contributed by atoms with E-state index in [9.17, 15) is 4.79 Å². The van der Waals surface area contributed by atoms with E-state index in [4.69, 9.17) is 0 Å². The van der Waals surface area contributed by atoms with Crippen molar-refractivity contribution in [1.29, 1.82) is 0 Å². The number of hydrogen-bond acceptors (Lipinski definition) is 3. The standard InChI is InChI=1S/C12H18N2OS/c1-2-3-5-8-13-11(15)10-16-12-7-4-6-9-14-12/h4,6-7,9H,2-3,5,8,10H2,1H3,(H,13,15). The van der Waals surface area contributed by atoms with Crippen molar-refractivity contribution in [2.45, 2.75) is 31.2 Å². The quantitative estimate of drug-likeness (QED) is 0.586. The molecule has 0 aliphatic heterocycles. The Labute approximate surface area is 101 Å². The molecule has 16 heavy (non-hydrogen) atoms. The Hall–Kier alpha value is -1.03. The van der Waals surface area contributed by atoms with Gasteiger partial charge in [-0.25, -0.2) is 4.98 Å². The summed E-state index contributed by atoms with van der Waals surface area (Å²) in [6.07, 6.45) is 5.16. The van der Waals surface area contributed by atoms with E-state index in [1.807, 2.05) is 18.2 Å². The fourth-order valence-electron chi connectivity index (χ4n) is 1.23. The molecule has 0 aromatic carbocycles. The Kier molecular flexibility index (Phi) is 6.65.